The number of esters is 1. The van der Waals surface area contributed by atoms with E-state index < -0.39 is 0 Å². The predicted octanol–water partition coefficient (Wildman–Crippen LogP) is 2.24. The summed E-state index contributed by atoms with van der Waals surface area (Å²) in [6, 6.07) is 7.56. The van der Waals surface area contributed by atoms with Crippen LogP contribution in [0.15, 0.2) is 24.3 Å². The molecule has 1 heterocycles. The molecular weight excluding hydrogens is 211 g/mol. The van der Waals surface area contributed by atoms with Crippen LogP contribution in [0, 0.1) is 0 Å². The SMILES string of the molecule is Cl.Cl.O=C1OCCc2ccccc21. The molecule has 2 rings (SSSR count). The Labute approximate surface area is 89.1 Å². The molecule has 0 fully saturated rings. The number of carbonyl (C=O) groups is 1. The molecule has 1 aromatic carbocycles. The lowest BCUT2D eigenvalue weighted by Crippen LogP contribution is -2.16. The maximum Gasteiger partial charge on any atom is 0.338 e. The van der Waals surface area contributed by atoms with Gasteiger partial charge in [-0.15, -0.1) is 24.8 Å². The first-order valence-corrected chi connectivity index (χ1v) is 3.63. The van der Waals surface area contributed by atoms with E-state index in [1.807, 2.05) is 18.2 Å². The van der Waals surface area contributed by atoms with Gasteiger partial charge in [0.2, 0.25) is 0 Å². The van der Waals surface area contributed by atoms with Crippen molar-refractivity contribution < 1.29 is 9.53 Å². The summed E-state index contributed by atoms with van der Waals surface area (Å²) in [5.41, 5.74) is 1.82. The highest BCUT2D eigenvalue weighted by molar-refractivity contribution is 5.91. The van der Waals surface area contributed by atoms with Crippen LogP contribution in [0.5, 0.6) is 0 Å². The standard InChI is InChI=1S/C9H8O2.2ClH/c10-9-8-4-2-1-3-7(8)5-6-11-9;;/h1-4H,5-6H2;2*1H. The highest BCUT2D eigenvalue weighted by Gasteiger charge is 2.16. The second kappa shape index (κ2) is 5.10. The zero-order valence-corrected chi connectivity index (χ0v) is 8.49. The van der Waals surface area contributed by atoms with Crippen LogP contribution in [-0.2, 0) is 11.2 Å². The lowest BCUT2D eigenvalue weighted by Gasteiger charge is -2.14. The van der Waals surface area contributed by atoms with E-state index >= 15 is 0 Å². The average Bonchev–Trinajstić information content (AvgIpc) is 2.06. The zero-order chi connectivity index (χ0) is 7.68. The molecule has 0 saturated carbocycles. The highest BCUT2D eigenvalue weighted by atomic mass is 35.5. The van der Waals surface area contributed by atoms with Crippen LogP contribution in [0.1, 0.15) is 15.9 Å². The van der Waals surface area contributed by atoms with Crippen molar-refractivity contribution in [2.45, 2.75) is 6.42 Å². The normalized spacial score (nSPS) is 13.1. The molecule has 0 atom stereocenters. The molecule has 0 aromatic heterocycles. The fourth-order valence-electron chi connectivity index (χ4n) is 1.27. The Kier molecular flexibility index (Phi) is 4.81. The molecule has 0 unspecified atom stereocenters. The molecule has 4 heteroatoms. The number of rotatable bonds is 0. The number of carbonyl (C=O) groups excluding carboxylic acids is 1. The van der Waals surface area contributed by atoms with Crippen LogP contribution in [0.25, 0.3) is 0 Å². The van der Waals surface area contributed by atoms with E-state index in [9.17, 15) is 4.79 Å². The van der Waals surface area contributed by atoms with E-state index in [-0.39, 0.29) is 30.8 Å². The molecule has 1 aromatic rings. The molecule has 0 spiro atoms. The number of hydrogen-bond acceptors (Lipinski definition) is 2. The minimum Gasteiger partial charge on any atom is -0.462 e. The van der Waals surface area contributed by atoms with E-state index in [4.69, 9.17) is 4.74 Å². The second-order valence-electron chi connectivity index (χ2n) is 2.54. The van der Waals surface area contributed by atoms with E-state index in [1.165, 1.54) is 0 Å². The summed E-state index contributed by atoms with van der Waals surface area (Å²) in [6.07, 6.45) is 0.849. The van der Waals surface area contributed by atoms with Crippen molar-refractivity contribution in [1.29, 1.82) is 0 Å². The predicted molar refractivity (Wildman–Crippen MR) is 54.9 cm³/mol. The summed E-state index contributed by atoms with van der Waals surface area (Å²) in [6.45, 7) is 0.524. The molecule has 0 saturated heterocycles. The van der Waals surface area contributed by atoms with Gasteiger partial charge in [-0.25, -0.2) is 4.79 Å². The molecule has 0 N–H and O–H groups in total. The van der Waals surface area contributed by atoms with Gasteiger partial charge in [-0.2, -0.15) is 0 Å². The number of hydrogen-bond donors (Lipinski definition) is 0. The van der Waals surface area contributed by atoms with Crippen molar-refractivity contribution in [1.82, 2.24) is 0 Å². The van der Waals surface area contributed by atoms with Gasteiger partial charge < -0.3 is 4.74 Å². The maximum absolute atomic E-state index is 11.1. The van der Waals surface area contributed by atoms with Gasteiger partial charge in [-0.1, -0.05) is 18.2 Å². The Morgan fingerprint density at radius 2 is 1.85 bits per heavy atom. The molecule has 2 nitrogen and oxygen atoms in total. The van der Waals surface area contributed by atoms with Crippen molar-refractivity contribution in [2.24, 2.45) is 0 Å². The number of fused-ring (bicyclic) bond motifs is 1. The smallest absolute Gasteiger partial charge is 0.338 e. The Hall–Kier alpha value is -0.730. The van der Waals surface area contributed by atoms with Gasteiger partial charge in [0.1, 0.15) is 0 Å². The van der Waals surface area contributed by atoms with Crippen molar-refractivity contribution in [3.63, 3.8) is 0 Å². The van der Waals surface area contributed by atoms with Gasteiger partial charge >= 0.3 is 5.97 Å². The van der Waals surface area contributed by atoms with Gasteiger partial charge in [-0.3, -0.25) is 0 Å². The minimum absolute atomic E-state index is 0. The fraction of sp³-hybridized carbons (Fsp3) is 0.222. The van der Waals surface area contributed by atoms with Crippen molar-refractivity contribution >= 4 is 30.8 Å². The van der Waals surface area contributed by atoms with Crippen LogP contribution in [-0.4, -0.2) is 12.6 Å². The Balaban J connectivity index is 0.000000720. The third-order valence-corrected chi connectivity index (χ3v) is 1.84. The first kappa shape index (κ1) is 12.3. The summed E-state index contributed by atoms with van der Waals surface area (Å²) in [5.74, 6) is -0.188. The van der Waals surface area contributed by atoms with Gasteiger partial charge in [0, 0.05) is 6.42 Å². The molecule has 0 aliphatic carbocycles. The number of benzene rings is 1. The maximum atomic E-state index is 11.1. The topological polar surface area (TPSA) is 26.3 Å². The van der Waals surface area contributed by atoms with E-state index in [0.29, 0.717) is 6.61 Å². The third kappa shape index (κ3) is 2.36. The van der Waals surface area contributed by atoms with Crippen molar-refractivity contribution in [3.8, 4) is 0 Å². The summed E-state index contributed by atoms with van der Waals surface area (Å²) in [5, 5.41) is 0. The first-order valence-electron chi connectivity index (χ1n) is 3.63. The lowest BCUT2D eigenvalue weighted by atomic mass is 10.0. The zero-order valence-electron chi connectivity index (χ0n) is 6.86. The Morgan fingerprint density at radius 1 is 1.15 bits per heavy atom. The molecule has 0 radical (unpaired) electrons. The summed E-state index contributed by atoms with van der Waals surface area (Å²) >= 11 is 0. The van der Waals surface area contributed by atoms with Crippen molar-refractivity contribution in [2.75, 3.05) is 6.61 Å². The number of halogens is 2. The van der Waals surface area contributed by atoms with Crippen molar-refractivity contribution in [3.05, 3.63) is 35.4 Å². The molecule has 13 heavy (non-hydrogen) atoms. The number of ether oxygens (including phenoxy) is 1. The molecule has 0 amide bonds. The lowest BCUT2D eigenvalue weighted by molar-refractivity contribution is 0.0480. The fourth-order valence-corrected chi connectivity index (χ4v) is 1.27. The van der Waals surface area contributed by atoms with E-state index in [2.05, 4.69) is 0 Å². The summed E-state index contributed by atoms with van der Waals surface area (Å²) < 4.78 is 4.87. The third-order valence-electron chi connectivity index (χ3n) is 1.84. The second-order valence-corrected chi connectivity index (χ2v) is 2.54. The molecule has 72 valence electrons. The van der Waals surface area contributed by atoms with Crippen LogP contribution in [0.4, 0.5) is 0 Å². The van der Waals surface area contributed by atoms with Crippen LogP contribution >= 0.6 is 24.8 Å². The molecule has 1 aliphatic rings. The van der Waals surface area contributed by atoms with Crippen LogP contribution in [0.3, 0.4) is 0 Å². The Morgan fingerprint density at radius 3 is 2.54 bits per heavy atom. The van der Waals surface area contributed by atoms with Gasteiger partial charge in [-0.05, 0) is 11.6 Å². The minimum atomic E-state index is -0.188. The summed E-state index contributed by atoms with van der Waals surface area (Å²) in [7, 11) is 0. The largest absolute Gasteiger partial charge is 0.462 e. The van der Waals surface area contributed by atoms with Gasteiger partial charge in [0.25, 0.3) is 0 Å². The van der Waals surface area contributed by atoms with E-state index in [1.54, 1.807) is 6.07 Å². The average molecular weight is 221 g/mol. The van der Waals surface area contributed by atoms with E-state index in [0.717, 1.165) is 17.5 Å². The number of cyclic esters (lactones) is 1. The van der Waals surface area contributed by atoms with Crippen LogP contribution in [0.2, 0.25) is 0 Å². The van der Waals surface area contributed by atoms with Gasteiger partial charge in [0.05, 0.1) is 12.2 Å². The quantitative estimate of drug-likeness (QED) is 0.628. The monoisotopic (exact) mass is 220 g/mol. The van der Waals surface area contributed by atoms with Gasteiger partial charge in [0.15, 0.2) is 0 Å². The molecule has 0 bridgehead atoms. The summed E-state index contributed by atoms with van der Waals surface area (Å²) in [4.78, 5) is 11.1. The molecular formula is C9H10Cl2O2. The Bertz CT molecular complexity index is 299. The highest BCUT2D eigenvalue weighted by Crippen LogP contribution is 2.15. The van der Waals surface area contributed by atoms with Crippen LogP contribution < -0.4 is 0 Å². The first-order chi connectivity index (χ1) is 5.38. The molecule has 1 aliphatic heterocycles.